The number of anilines is 1. The van der Waals surface area contributed by atoms with Crippen LogP contribution in [0.2, 0.25) is 0 Å². The Morgan fingerprint density at radius 1 is 0.902 bits per heavy atom. The Labute approximate surface area is 246 Å². The topological polar surface area (TPSA) is 105 Å². The first-order valence-electron chi connectivity index (χ1n) is 13.4. The van der Waals surface area contributed by atoms with Gasteiger partial charge in [-0.25, -0.2) is 0 Å². The lowest BCUT2D eigenvalue weighted by Crippen LogP contribution is -2.32. The second-order valence-electron chi connectivity index (χ2n) is 9.96. The summed E-state index contributed by atoms with van der Waals surface area (Å²) >= 11 is 3.40. The predicted octanol–water partition coefficient (Wildman–Crippen LogP) is 7.59. The van der Waals surface area contributed by atoms with Crippen LogP contribution in [0.3, 0.4) is 0 Å². The molecule has 0 radical (unpaired) electrons. The van der Waals surface area contributed by atoms with Crippen molar-refractivity contribution in [2.75, 3.05) is 5.32 Å². The van der Waals surface area contributed by atoms with E-state index in [0.29, 0.717) is 21.5 Å². The molecule has 1 unspecified atom stereocenters. The Bertz CT molecular complexity index is 1550. The maximum Gasteiger partial charge on any atom is 0.305 e. The van der Waals surface area contributed by atoms with Gasteiger partial charge in [-0.15, -0.1) is 0 Å². The summed E-state index contributed by atoms with van der Waals surface area (Å²) in [4.78, 5) is 37.8. The molecule has 1 aliphatic rings. The average Bonchev–Trinajstić information content (AvgIpc) is 2.93. The summed E-state index contributed by atoms with van der Waals surface area (Å²) in [6.07, 6.45) is 2.39. The zero-order valence-electron chi connectivity index (χ0n) is 22.2. The number of rotatable bonds is 10. The van der Waals surface area contributed by atoms with E-state index in [2.05, 4.69) is 26.6 Å². The highest BCUT2D eigenvalue weighted by molar-refractivity contribution is 9.10. The van der Waals surface area contributed by atoms with Crippen LogP contribution in [-0.4, -0.2) is 22.9 Å². The van der Waals surface area contributed by atoms with Gasteiger partial charge in [-0.05, 0) is 60.4 Å². The molecule has 0 bridgehead atoms. The maximum atomic E-state index is 13.4. The Hall–Kier alpha value is -4.43. The molecular formula is C33H29BrN2O5. The summed E-state index contributed by atoms with van der Waals surface area (Å²) in [5, 5.41) is 15.4. The highest BCUT2D eigenvalue weighted by atomic mass is 79.9. The summed E-state index contributed by atoms with van der Waals surface area (Å²) in [5.41, 5.74) is 3.05. The number of nitrogens with one attached hydrogen (secondary N) is 2. The van der Waals surface area contributed by atoms with Crippen molar-refractivity contribution in [1.29, 1.82) is 0 Å². The van der Waals surface area contributed by atoms with Gasteiger partial charge in [0.25, 0.3) is 5.91 Å². The molecule has 41 heavy (non-hydrogen) atoms. The minimum Gasteiger partial charge on any atom is -0.481 e. The van der Waals surface area contributed by atoms with E-state index in [-0.39, 0.29) is 23.8 Å². The van der Waals surface area contributed by atoms with Crippen molar-refractivity contribution >= 4 is 39.4 Å². The van der Waals surface area contributed by atoms with Gasteiger partial charge >= 0.3 is 5.97 Å². The predicted molar refractivity (Wildman–Crippen MR) is 161 cm³/mol. The molecule has 0 saturated heterocycles. The normalized spacial score (nSPS) is 13.5. The molecule has 3 N–H and O–H groups in total. The van der Waals surface area contributed by atoms with E-state index >= 15 is 0 Å². The lowest BCUT2D eigenvalue weighted by atomic mass is 9.85. The molecular weight excluding hydrogens is 584 g/mol. The zero-order valence-corrected chi connectivity index (χ0v) is 23.8. The van der Waals surface area contributed by atoms with Crippen LogP contribution in [0, 0.1) is 5.92 Å². The molecule has 0 heterocycles. The largest absolute Gasteiger partial charge is 0.481 e. The van der Waals surface area contributed by atoms with E-state index in [1.807, 2.05) is 78.9 Å². The van der Waals surface area contributed by atoms with Gasteiger partial charge in [0.05, 0.1) is 23.7 Å². The number of carbonyl (C=O) groups excluding carboxylic acids is 2. The van der Waals surface area contributed by atoms with Crippen LogP contribution in [0.1, 0.15) is 47.6 Å². The SMILES string of the molecule is O=C(O)CC(NC(=O)c1cc(Br)ccc1NC(=O)C1CCC1)c1ccc(-c2ccccc2Oc2ccccc2)cc1. The van der Waals surface area contributed by atoms with Crippen molar-refractivity contribution in [3.05, 3.63) is 113 Å². The van der Waals surface area contributed by atoms with E-state index < -0.39 is 17.9 Å². The van der Waals surface area contributed by atoms with E-state index in [4.69, 9.17) is 4.74 Å². The molecule has 0 aromatic heterocycles. The number of carbonyl (C=O) groups is 3. The standard InChI is InChI=1S/C33H29BrN2O5/c34-24-17-18-28(35-32(39)23-7-6-8-23)27(19-24)33(40)36-29(20-31(37)38)22-15-13-21(14-16-22)26-11-4-5-12-30(26)41-25-9-2-1-3-10-25/h1-5,9-19,23,29H,6-8,20H2,(H,35,39)(H,36,40)(H,37,38). The minimum absolute atomic E-state index is 0.0453. The molecule has 0 spiro atoms. The number of ether oxygens (including phenoxy) is 1. The quantitative estimate of drug-likeness (QED) is 0.171. The van der Waals surface area contributed by atoms with E-state index in [1.165, 1.54) is 0 Å². The van der Waals surface area contributed by atoms with Gasteiger partial charge in [0, 0.05) is 16.0 Å². The molecule has 1 saturated carbocycles. The van der Waals surface area contributed by atoms with E-state index in [0.717, 1.165) is 36.1 Å². The van der Waals surface area contributed by atoms with Gasteiger partial charge in [0.1, 0.15) is 11.5 Å². The summed E-state index contributed by atoms with van der Waals surface area (Å²) in [7, 11) is 0. The third-order valence-corrected chi connectivity index (χ3v) is 7.62. The molecule has 208 valence electrons. The molecule has 1 aliphatic carbocycles. The molecule has 8 heteroatoms. The summed E-state index contributed by atoms with van der Waals surface area (Å²) in [6.45, 7) is 0. The number of carboxylic acids is 1. The summed E-state index contributed by atoms with van der Waals surface area (Å²) in [5.74, 6) is -0.275. The highest BCUT2D eigenvalue weighted by Crippen LogP contribution is 2.34. The number of benzene rings is 4. The van der Waals surface area contributed by atoms with Crippen molar-refractivity contribution in [1.82, 2.24) is 5.32 Å². The Morgan fingerprint density at radius 2 is 1.61 bits per heavy atom. The molecule has 4 aromatic rings. The van der Waals surface area contributed by atoms with Crippen LogP contribution in [0.4, 0.5) is 5.69 Å². The third-order valence-electron chi connectivity index (χ3n) is 7.13. The third kappa shape index (κ3) is 7.02. The number of hydrogen-bond donors (Lipinski definition) is 3. The van der Waals surface area contributed by atoms with Gasteiger partial charge in [0.2, 0.25) is 5.91 Å². The van der Waals surface area contributed by atoms with E-state index in [9.17, 15) is 19.5 Å². The monoisotopic (exact) mass is 612 g/mol. The summed E-state index contributed by atoms with van der Waals surface area (Å²) < 4.78 is 6.77. The molecule has 7 nitrogen and oxygen atoms in total. The maximum absolute atomic E-state index is 13.4. The number of para-hydroxylation sites is 2. The molecule has 4 aromatic carbocycles. The fraction of sp³-hybridized carbons (Fsp3) is 0.182. The first-order valence-corrected chi connectivity index (χ1v) is 14.2. The van der Waals surface area contributed by atoms with Gasteiger partial charge in [0.15, 0.2) is 0 Å². The Kier molecular flexibility index (Phi) is 8.79. The fourth-order valence-corrected chi connectivity index (χ4v) is 5.05. The van der Waals surface area contributed by atoms with Crippen LogP contribution in [0.15, 0.2) is 102 Å². The number of amides is 2. The smallest absolute Gasteiger partial charge is 0.305 e. The first kappa shape index (κ1) is 28.1. The number of aliphatic carboxylic acids is 1. The van der Waals surface area contributed by atoms with Crippen LogP contribution >= 0.6 is 15.9 Å². The van der Waals surface area contributed by atoms with Crippen LogP contribution in [0.25, 0.3) is 11.1 Å². The second kappa shape index (κ2) is 12.8. The van der Waals surface area contributed by atoms with Crippen LogP contribution in [0.5, 0.6) is 11.5 Å². The molecule has 1 atom stereocenters. The number of hydrogen-bond acceptors (Lipinski definition) is 4. The van der Waals surface area contributed by atoms with Gasteiger partial charge in [-0.3, -0.25) is 14.4 Å². The number of halogens is 1. The Balaban J connectivity index is 1.37. The fourth-order valence-electron chi connectivity index (χ4n) is 4.69. The van der Waals surface area contributed by atoms with Gasteiger partial charge in [-0.2, -0.15) is 0 Å². The zero-order chi connectivity index (χ0) is 28.8. The lowest BCUT2D eigenvalue weighted by molar-refractivity contribution is -0.137. The van der Waals surface area contributed by atoms with Crippen molar-refractivity contribution < 1.29 is 24.2 Å². The molecule has 0 aliphatic heterocycles. The second-order valence-corrected chi connectivity index (χ2v) is 10.9. The molecule has 2 amide bonds. The van der Waals surface area contributed by atoms with Crippen molar-refractivity contribution in [2.45, 2.75) is 31.7 Å². The van der Waals surface area contributed by atoms with Crippen molar-refractivity contribution in [3.8, 4) is 22.6 Å². The van der Waals surface area contributed by atoms with Crippen molar-refractivity contribution in [3.63, 3.8) is 0 Å². The van der Waals surface area contributed by atoms with E-state index in [1.54, 1.807) is 18.2 Å². The van der Waals surface area contributed by atoms with Crippen LogP contribution in [-0.2, 0) is 9.59 Å². The van der Waals surface area contributed by atoms with Crippen molar-refractivity contribution in [2.24, 2.45) is 5.92 Å². The Morgan fingerprint density at radius 3 is 2.29 bits per heavy atom. The van der Waals surface area contributed by atoms with Gasteiger partial charge < -0.3 is 20.5 Å². The van der Waals surface area contributed by atoms with Gasteiger partial charge in [-0.1, -0.05) is 83.0 Å². The number of carboxylic acid groups (broad SMARTS) is 1. The summed E-state index contributed by atoms with van der Waals surface area (Å²) in [6, 6.07) is 28.8. The average molecular weight is 614 g/mol. The highest BCUT2D eigenvalue weighted by Gasteiger charge is 2.27. The lowest BCUT2D eigenvalue weighted by Gasteiger charge is -2.25. The van der Waals surface area contributed by atoms with Crippen LogP contribution < -0.4 is 15.4 Å². The molecule has 5 rings (SSSR count). The first-order chi connectivity index (χ1) is 19.9. The molecule has 1 fully saturated rings. The minimum atomic E-state index is -1.05.